The molecule has 0 aromatic heterocycles. The van der Waals surface area contributed by atoms with Crippen molar-refractivity contribution in [3.63, 3.8) is 0 Å². The largest absolute Gasteiger partial charge is 0.385 e. The summed E-state index contributed by atoms with van der Waals surface area (Å²) in [5, 5.41) is 5.50. The molecular weight excluding hydrogens is 169 g/mol. The van der Waals surface area contributed by atoms with E-state index < -0.39 is 23.1 Å². The molecule has 0 radical (unpaired) electrons. The lowest BCUT2D eigenvalue weighted by Gasteiger charge is -2.49. The second-order valence-electron chi connectivity index (χ2n) is 2.73. The monoisotopic (exact) mass is 174 g/mol. The Morgan fingerprint density at radius 1 is 1.40 bits per heavy atom. The Morgan fingerprint density at radius 3 is 1.80 bits per heavy atom. The minimum absolute atomic E-state index is 0.917. The highest BCUT2D eigenvalue weighted by Crippen LogP contribution is 2.58. The van der Waals surface area contributed by atoms with Crippen molar-refractivity contribution >= 4 is 11.6 Å². The van der Waals surface area contributed by atoms with Gasteiger partial charge < -0.3 is 5.11 Å². The lowest BCUT2D eigenvalue weighted by molar-refractivity contribution is -0.280. The van der Waals surface area contributed by atoms with Crippen LogP contribution >= 0.6 is 11.6 Å². The molecule has 0 bridgehead atoms. The molecule has 60 valence electrons. The van der Waals surface area contributed by atoms with Crippen molar-refractivity contribution < 1.29 is 18.3 Å². The van der Waals surface area contributed by atoms with Crippen LogP contribution in [0.4, 0.5) is 13.2 Å². The molecule has 1 aliphatic carbocycles. The first-order valence-corrected chi connectivity index (χ1v) is 3.06. The maximum atomic E-state index is 12.5. The minimum Gasteiger partial charge on any atom is -0.385 e. The summed E-state index contributed by atoms with van der Waals surface area (Å²) in [6.45, 7) is 0.942. The van der Waals surface area contributed by atoms with E-state index in [1.165, 1.54) is 0 Å². The van der Waals surface area contributed by atoms with Gasteiger partial charge >= 0.3 is 5.92 Å². The molecule has 1 fully saturated rings. The maximum absolute atomic E-state index is 12.5. The molecule has 0 amide bonds. The van der Waals surface area contributed by atoms with Crippen LogP contribution in [0.1, 0.15) is 13.3 Å². The van der Waals surface area contributed by atoms with Crippen LogP contribution in [-0.4, -0.2) is 21.8 Å². The molecule has 1 N–H and O–H groups in total. The summed E-state index contributed by atoms with van der Waals surface area (Å²) in [6, 6.07) is 0. The lowest BCUT2D eigenvalue weighted by Crippen LogP contribution is -2.69. The first-order valence-electron chi connectivity index (χ1n) is 2.69. The van der Waals surface area contributed by atoms with Crippen molar-refractivity contribution in [1.82, 2.24) is 0 Å². The van der Waals surface area contributed by atoms with Crippen molar-refractivity contribution in [1.29, 1.82) is 0 Å². The summed E-state index contributed by atoms with van der Waals surface area (Å²) in [4.78, 5) is 0. The van der Waals surface area contributed by atoms with Gasteiger partial charge in [0.25, 0.3) is 5.13 Å². The molecule has 1 aliphatic rings. The van der Waals surface area contributed by atoms with Crippen LogP contribution < -0.4 is 0 Å². The zero-order valence-electron chi connectivity index (χ0n) is 5.17. The van der Waals surface area contributed by atoms with E-state index in [0.29, 0.717) is 0 Å². The Bertz CT molecular complexity index is 150. The van der Waals surface area contributed by atoms with Gasteiger partial charge in [0.05, 0.1) is 0 Å². The molecule has 1 saturated carbocycles. The van der Waals surface area contributed by atoms with E-state index in [4.69, 9.17) is 16.7 Å². The van der Waals surface area contributed by atoms with Gasteiger partial charge in [0, 0.05) is 6.42 Å². The van der Waals surface area contributed by atoms with Gasteiger partial charge in [-0.15, -0.1) is 0 Å². The third-order valence-electron chi connectivity index (χ3n) is 1.70. The summed E-state index contributed by atoms with van der Waals surface area (Å²) in [6.07, 6.45) is -0.917. The molecule has 0 aromatic rings. The second kappa shape index (κ2) is 1.61. The average Bonchev–Trinajstić information content (AvgIpc) is 1.61. The normalized spacial score (nSPS) is 52.2. The standard InChI is InChI=1S/C5H6ClF3O/c1-3(10)2-4(7,8)5(3,6)9/h10H,2H2,1H3. The van der Waals surface area contributed by atoms with Gasteiger partial charge in [0.2, 0.25) is 0 Å². The highest BCUT2D eigenvalue weighted by atomic mass is 35.5. The molecule has 1 nitrogen and oxygen atoms in total. The number of aliphatic hydroxyl groups is 1. The minimum atomic E-state index is -3.60. The number of alkyl halides is 4. The van der Waals surface area contributed by atoms with Crippen LogP contribution in [0.2, 0.25) is 0 Å². The van der Waals surface area contributed by atoms with E-state index in [0.717, 1.165) is 6.92 Å². The molecule has 0 heterocycles. The molecule has 0 aromatic carbocycles. The number of hydrogen-bond donors (Lipinski definition) is 1. The predicted octanol–water partition coefficient (Wildman–Crippen LogP) is 1.68. The lowest BCUT2D eigenvalue weighted by atomic mass is 9.75. The van der Waals surface area contributed by atoms with E-state index in [2.05, 4.69) is 0 Å². The Hall–Kier alpha value is 0.0400. The van der Waals surface area contributed by atoms with Crippen molar-refractivity contribution in [3.8, 4) is 0 Å². The maximum Gasteiger partial charge on any atom is 0.301 e. The molecule has 1 rings (SSSR count). The summed E-state index contributed by atoms with van der Waals surface area (Å²) in [5.74, 6) is -3.60. The van der Waals surface area contributed by atoms with Gasteiger partial charge in [-0.2, -0.15) is 0 Å². The third-order valence-corrected chi connectivity index (χ3v) is 2.39. The van der Waals surface area contributed by atoms with Gasteiger partial charge in [-0.3, -0.25) is 0 Å². The van der Waals surface area contributed by atoms with Crippen LogP contribution in [0.15, 0.2) is 0 Å². The summed E-state index contributed by atoms with van der Waals surface area (Å²) >= 11 is 4.72. The number of rotatable bonds is 0. The van der Waals surface area contributed by atoms with Crippen LogP contribution in [0.25, 0.3) is 0 Å². The molecule has 5 heteroatoms. The molecule has 0 saturated heterocycles. The molecule has 0 spiro atoms. The van der Waals surface area contributed by atoms with Crippen molar-refractivity contribution in [3.05, 3.63) is 0 Å². The Kier molecular flexibility index (Phi) is 1.31. The van der Waals surface area contributed by atoms with Gasteiger partial charge in [-0.25, -0.2) is 13.2 Å². The van der Waals surface area contributed by atoms with Gasteiger partial charge in [-0.1, -0.05) is 11.6 Å². The predicted molar refractivity (Wildman–Crippen MR) is 29.9 cm³/mol. The third kappa shape index (κ3) is 0.689. The summed E-state index contributed by atoms with van der Waals surface area (Å²) < 4.78 is 36.8. The van der Waals surface area contributed by atoms with Gasteiger partial charge in [0.1, 0.15) is 5.60 Å². The fraction of sp³-hybridized carbons (Fsp3) is 1.00. The highest BCUT2D eigenvalue weighted by Gasteiger charge is 2.76. The van der Waals surface area contributed by atoms with Crippen LogP contribution in [0.5, 0.6) is 0 Å². The van der Waals surface area contributed by atoms with E-state index in [1.807, 2.05) is 0 Å². The van der Waals surface area contributed by atoms with Crippen LogP contribution in [0, 0.1) is 0 Å². The quantitative estimate of drug-likeness (QED) is 0.554. The highest BCUT2D eigenvalue weighted by molar-refractivity contribution is 6.25. The van der Waals surface area contributed by atoms with Crippen LogP contribution in [-0.2, 0) is 0 Å². The van der Waals surface area contributed by atoms with Gasteiger partial charge in [0.15, 0.2) is 0 Å². The fourth-order valence-electron chi connectivity index (χ4n) is 0.942. The SMILES string of the molecule is CC1(O)CC(F)(F)C1(F)Cl. The molecule has 10 heavy (non-hydrogen) atoms. The Labute approximate surface area is 60.8 Å². The van der Waals surface area contributed by atoms with Crippen molar-refractivity contribution in [2.75, 3.05) is 0 Å². The summed E-state index contributed by atoms with van der Waals surface area (Å²) in [7, 11) is 0. The second-order valence-corrected chi connectivity index (χ2v) is 3.25. The van der Waals surface area contributed by atoms with Crippen molar-refractivity contribution in [2.24, 2.45) is 0 Å². The average molecular weight is 175 g/mol. The van der Waals surface area contributed by atoms with Crippen molar-refractivity contribution in [2.45, 2.75) is 30.0 Å². The molecule has 0 aliphatic heterocycles. The van der Waals surface area contributed by atoms with E-state index in [-0.39, 0.29) is 0 Å². The molecular formula is C5H6ClF3O. The van der Waals surface area contributed by atoms with Gasteiger partial charge in [-0.05, 0) is 6.92 Å². The Morgan fingerprint density at radius 2 is 1.80 bits per heavy atom. The van der Waals surface area contributed by atoms with E-state index in [9.17, 15) is 13.2 Å². The Balaban J connectivity index is 2.85. The number of hydrogen-bond acceptors (Lipinski definition) is 1. The number of halogens is 4. The zero-order chi connectivity index (χ0) is 8.21. The smallest absolute Gasteiger partial charge is 0.301 e. The summed E-state index contributed by atoms with van der Waals surface area (Å²) in [5.41, 5.74) is -2.10. The molecule has 2 atom stereocenters. The molecule has 2 unspecified atom stereocenters. The first kappa shape index (κ1) is 8.14. The van der Waals surface area contributed by atoms with E-state index in [1.54, 1.807) is 0 Å². The zero-order valence-corrected chi connectivity index (χ0v) is 5.92. The fourth-order valence-corrected chi connectivity index (χ4v) is 1.08. The van der Waals surface area contributed by atoms with Crippen LogP contribution in [0.3, 0.4) is 0 Å². The topological polar surface area (TPSA) is 20.2 Å². The van der Waals surface area contributed by atoms with E-state index >= 15 is 0 Å². The first-order chi connectivity index (χ1) is 4.21.